The third-order valence-corrected chi connectivity index (χ3v) is 3.30. The fourth-order valence-electron chi connectivity index (χ4n) is 2.10. The Hall–Kier alpha value is -1.02. The average molecular weight is 263 g/mol. The monoisotopic (exact) mass is 263 g/mol. The highest BCUT2D eigenvalue weighted by Gasteiger charge is 2.08. The van der Waals surface area contributed by atoms with Crippen molar-refractivity contribution in [3.63, 3.8) is 0 Å². The molecule has 0 saturated carbocycles. The van der Waals surface area contributed by atoms with Crippen molar-refractivity contribution in [3.05, 3.63) is 29.8 Å². The van der Waals surface area contributed by atoms with E-state index in [9.17, 15) is 0 Å². The number of nitrogens with one attached hydrogen (secondary N) is 1. The van der Waals surface area contributed by atoms with Gasteiger partial charge in [-0.15, -0.1) is 0 Å². The smallest absolute Gasteiger partial charge is 0.119 e. The van der Waals surface area contributed by atoms with Crippen LogP contribution >= 0.6 is 0 Å². The lowest BCUT2D eigenvalue weighted by atomic mass is 10.0. The molecule has 1 rings (SSSR count). The van der Waals surface area contributed by atoms with Gasteiger partial charge >= 0.3 is 0 Å². The lowest BCUT2D eigenvalue weighted by Crippen LogP contribution is -2.35. The summed E-state index contributed by atoms with van der Waals surface area (Å²) in [5, 5.41) is 3.55. The predicted molar refractivity (Wildman–Crippen MR) is 83.0 cm³/mol. The Morgan fingerprint density at radius 1 is 1.16 bits per heavy atom. The third kappa shape index (κ3) is 6.11. The van der Waals surface area contributed by atoms with Crippen molar-refractivity contribution in [1.82, 2.24) is 5.32 Å². The van der Waals surface area contributed by atoms with Gasteiger partial charge in [0, 0.05) is 6.04 Å². The van der Waals surface area contributed by atoms with Crippen molar-refractivity contribution >= 4 is 0 Å². The maximum atomic E-state index is 5.95. The van der Waals surface area contributed by atoms with Gasteiger partial charge in [-0.3, -0.25) is 0 Å². The molecule has 0 fully saturated rings. The number of ether oxygens (including phenoxy) is 1. The second kappa shape index (κ2) is 8.98. The second-order valence-corrected chi connectivity index (χ2v) is 5.48. The van der Waals surface area contributed by atoms with E-state index in [-0.39, 0.29) is 0 Å². The van der Waals surface area contributed by atoms with Crippen molar-refractivity contribution < 1.29 is 4.74 Å². The summed E-state index contributed by atoms with van der Waals surface area (Å²) in [7, 11) is 0. The highest BCUT2D eigenvalue weighted by atomic mass is 16.5. The first-order valence-electron chi connectivity index (χ1n) is 7.63. The van der Waals surface area contributed by atoms with Gasteiger partial charge in [0.25, 0.3) is 0 Å². The highest BCUT2D eigenvalue weighted by molar-refractivity contribution is 5.30. The van der Waals surface area contributed by atoms with Crippen molar-refractivity contribution in [1.29, 1.82) is 0 Å². The Balaban J connectivity index is 2.50. The van der Waals surface area contributed by atoms with Gasteiger partial charge in [0.05, 0.1) is 0 Å². The van der Waals surface area contributed by atoms with Crippen LogP contribution in [0.4, 0.5) is 0 Å². The molecule has 108 valence electrons. The summed E-state index contributed by atoms with van der Waals surface area (Å²) in [6, 6.07) is 8.92. The number of hydrogen-bond acceptors (Lipinski definition) is 2. The van der Waals surface area contributed by atoms with Crippen LogP contribution in [-0.4, -0.2) is 19.2 Å². The van der Waals surface area contributed by atoms with E-state index in [0.717, 1.165) is 18.9 Å². The van der Waals surface area contributed by atoms with Crippen molar-refractivity contribution in [3.8, 4) is 5.75 Å². The molecule has 1 unspecified atom stereocenters. The zero-order valence-corrected chi connectivity index (χ0v) is 12.9. The zero-order valence-electron chi connectivity index (χ0n) is 12.9. The van der Waals surface area contributed by atoms with Crippen LogP contribution in [0.3, 0.4) is 0 Å². The molecule has 19 heavy (non-hydrogen) atoms. The molecule has 0 saturated heterocycles. The van der Waals surface area contributed by atoms with E-state index >= 15 is 0 Å². The van der Waals surface area contributed by atoms with Gasteiger partial charge in [-0.25, -0.2) is 0 Å². The molecule has 0 radical (unpaired) electrons. The van der Waals surface area contributed by atoms with Gasteiger partial charge in [-0.1, -0.05) is 46.2 Å². The van der Waals surface area contributed by atoms with Crippen molar-refractivity contribution in [2.24, 2.45) is 0 Å². The van der Waals surface area contributed by atoms with E-state index in [1.54, 1.807) is 0 Å². The Bertz CT molecular complexity index is 349. The van der Waals surface area contributed by atoms with Gasteiger partial charge in [0.1, 0.15) is 12.4 Å². The first-order valence-corrected chi connectivity index (χ1v) is 7.63. The third-order valence-electron chi connectivity index (χ3n) is 3.30. The van der Waals surface area contributed by atoms with Crippen molar-refractivity contribution in [2.75, 3.05) is 13.2 Å². The Morgan fingerprint density at radius 2 is 1.95 bits per heavy atom. The molecule has 1 aromatic rings. The summed E-state index contributed by atoms with van der Waals surface area (Å²) in [6.45, 7) is 10.7. The van der Waals surface area contributed by atoms with Crippen LogP contribution in [0.5, 0.6) is 5.75 Å². The summed E-state index contributed by atoms with van der Waals surface area (Å²) in [4.78, 5) is 0. The second-order valence-electron chi connectivity index (χ2n) is 5.48. The summed E-state index contributed by atoms with van der Waals surface area (Å²) in [5.74, 6) is 1.54. The standard InChI is InChI=1S/C17H29NO/c1-5-8-16(18-11-6-2)13-19-17-10-7-9-15(12-17)14(3)4/h7,9-10,12,14,16,18H,5-6,8,11,13H2,1-4H3. The van der Waals surface area contributed by atoms with E-state index in [4.69, 9.17) is 4.74 Å². The molecule has 0 aliphatic heterocycles. The fourth-order valence-corrected chi connectivity index (χ4v) is 2.10. The molecule has 2 nitrogen and oxygen atoms in total. The summed E-state index contributed by atoms with van der Waals surface area (Å²) >= 11 is 0. The van der Waals surface area contributed by atoms with Crippen LogP contribution in [0.2, 0.25) is 0 Å². The van der Waals surface area contributed by atoms with Crippen LogP contribution in [0, 0.1) is 0 Å². The van der Waals surface area contributed by atoms with Crippen LogP contribution in [-0.2, 0) is 0 Å². The normalized spacial score (nSPS) is 12.7. The summed E-state index contributed by atoms with van der Waals surface area (Å²) in [6.07, 6.45) is 3.53. The predicted octanol–water partition coefficient (Wildman–Crippen LogP) is 4.36. The van der Waals surface area contributed by atoms with Crippen molar-refractivity contribution in [2.45, 2.75) is 58.9 Å². The minimum atomic E-state index is 0.465. The van der Waals surface area contributed by atoms with Gasteiger partial charge in [-0.05, 0) is 43.0 Å². The van der Waals surface area contributed by atoms with E-state index in [0.29, 0.717) is 12.0 Å². The van der Waals surface area contributed by atoms with Crippen LogP contribution in [0.15, 0.2) is 24.3 Å². The molecule has 0 heterocycles. The topological polar surface area (TPSA) is 21.3 Å². The maximum Gasteiger partial charge on any atom is 0.119 e. The van der Waals surface area contributed by atoms with Crippen LogP contribution in [0.1, 0.15) is 58.4 Å². The van der Waals surface area contributed by atoms with E-state index in [1.165, 1.54) is 24.8 Å². The Morgan fingerprint density at radius 3 is 2.58 bits per heavy atom. The molecular formula is C17H29NO. The molecular weight excluding hydrogens is 234 g/mol. The van der Waals surface area contributed by atoms with Gasteiger partial charge < -0.3 is 10.1 Å². The molecule has 2 heteroatoms. The average Bonchev–Trinajstić information content (AvgIpc) is 2.42. The summed E-state index contributed by atoms with van der Waals surface area (Å²) in [5.41, 5.74) is 1.34. The Kier molecular flexibility index (Phi) is 7.57. The molecule has 0 amide bonds. The van der Waals surface area contributed by atoms with Gasteiger partial charge in [0.15, 0.2) is 0 Å². The molecule has 0 bridgehead atoms. The lowest BCUT2D eigenvalue weighted by Gasteiger charge is -2.19. The molecule has 0 aromatic heterocycles. The number of benzene rings is 1. The Labute approximate surface area is 118 Å². The first kappa shape index (κ1) is 16.0. The van der Waals surface area contributed by atoms with E-state index in [2.05, 4.69) is 57.3 Å². The fraction of sp³-hybridized carbons (Fsp3) is 0.647. The maximum absolute atomic E-state index is 5.95. The largest absolute Gasteiger partial charge is 0.492 e. The molecule has 0 spiro atoms. The van der Waals surface area contributed by atoms with Crippen LogP contribution in [0.25, 0.3) is 0 Å². The van der Waals surface area contributed by atoms with E-state index in [1.807, 2.05) is 0 Å². The minimum Gasteiger partial charge on any atom is -0.492 e. The molecule has 1 atom stereocenters. The van der Waals surface area contributed by atoms with Crippen LogP contribution < -0.4 is 10.1 Å². The molecule has 0 aliphatic carbocycles. The number of rotatable bonds is 9. The summed E-state index contributed by atoms with van der Waals surface area (Å²) < 4.78 is 5.95. The van der Waals surface area contributed by atoms with Gasteiger partial charge in [0.2, 0.25) is 0 Å². The first-order chi connectivity index (χ1) is 9.17. The van der Waals surface area contributed by atoms with E-state index < -0.39 is 0 Å². The molecule has 1 aromatic carbocycles. The van der Waals surface area contributed by atoms with Gasteiger partial charge in [-0.2, -0.15) is 0 Å². The minimum absolute atomic E-state index is 0.465. The highest BCUT2D eigenvalue weighted by Crippen LogP contribution is 2.20. The lowest BCUT2D eigenvalue weighted by molar-refractivity contribution is 0.255. The number of hydrogen-bond donors (Lipinski definition) is 1. The SMILES string of the molecule is CCCNC(CCC)COc1cccc(C(C)C)c1. The quantitative estimate of drug-likeness (QED) is 0.715. The zero-order chi connectivity index (χ0) is 14.1. The molecule has 1 N–H and O–H groups in total. The molecule has 0 aliphatic rings.